The van der Waals surface area contributed by atoms with E-state index in [1.807, 2.05) is 0 Å². The Hall–Kier alpha value is -0.770. The number of hydrogen-bond acceptors (Lipinski definition) is 1. The third-order valence-corrected chi connectivity index (χ3v) is 5.82. The molecule has 118 valence electrons. The van der Waals surface area contributed by atoms with Crippen LogP contribution in [0.5, 0.6) is 0 Å². The van der Waals surface area contributed by atoms with Gasteiger partial charge in [-0.15, -0.1) is 0 Å². The van der Waals surface area contributed by atoms with Crippen LogP contribution in [0.3, 0.4) is 0 Å². The number of nitrogens with zero attached hydrogens (tertiary/aromatic N) is 1. The smallest absolute Gasteiger partial charge is 0.0655 e. The van der Waals surface area contributed by atoms with Gasteiger partial charge in [-0.25, -0.2) is 0 Å². The summed E-state index contributed by atoms with van der Waals surface area (Å²) in [6, 6.07) is 2.46. The van der Waals surface area contributed by atoms with E-state index in [9.17, 15) is 0 Å². The van der Waals surface area contributed by atoms with E-state index in [2.05, 4.69) is 25.1 Å². The van der Waals surface area contributed by atoms with Gasteiger partial charge in [0, 0.05) is 5.92 Å². The molecule has 2 fully saturated rings. The summed E-state index contributed by atoms with van der Waals surface area (Å²) in [4.78, 5) is 0. The van der Waals surface area contributed by atoms with E-state index in [-0.39, 0.29) is 0 Å². The largest absolute Gasteiger partial charge is 0.198 e. The van der Waals surface area contributed by atoms with Gasteiger partial charge in [0.25, 0.3) is 0 Å². The Kier molecular flexibility index (Phi) is 7.34. The first-order valence-corrected chi connectivity index (χ1v) is 9.39. The monoisotopic (exact) mass is 287 g/mol. The van der Waals surface area contributed by atoms with Gasteiger partial charge < -0.3 is 0 Å². The molecule has 0 aromatic rings. The van der Waals surface area contributed by atoms with Crippen LogP contribution in [0, 0.1) is 35.0 Å². The number of nitriles is 1. The lowest BCUT2D eigenvalue weighted by Gasteiger charge is -2.36. The van der Waals surface area contributed by atoms with E-state index < -0.39 is 0 Å². The summed E-state index contributed by atoms with van der Waals surface area (Å²) in [6.07, 6.45) is 21.0. The maximum atomic E-state index is 9.00. The van der Waals surface area contributed by atoms with Crippen molar-refractivity contribution in [1.29, 1.82) is 5.26 Å². The minimum absolute atomic E-state index is 0.364. The number of unbranched alkanes of at least 4 members (excludes halogenated alkanes) is 3. The molecule has 0 aliphatic heterocycles. The van der Waals surface area contributed by atoms with Crippen molar-refractivity contribution in [2.75, 3.05) is 0 Å². The fourth-order valence-electron chi connectivity index (χ4n) is 4.33. The Labute approximate surface area is 131 Å². The van der Waals surface area contributed by atoms with Gasteiger partial charge in [-0.3, -0.25) is 0 Å². The summed E-state index contributed by atoms with van der Waals surface area (Å²) in [5.74, 6) is 3.13. The predicted octanol–water partition coefficient (Wildman–Crippen LogP) is 6.26. The van der Waals surface area contributed by atoms with Crippen molar-refractivity contribution >= 4 is 0 Å². The zero-order valence-electron chi connectivity index (χ0n) is 13.9. The molecule has 0 spiro atoms. The Morgan fingerprint density at radius 1 is 0.905 bits per heavy atom. The molecule has 1 heteroatoms. The molecule has 0 aromatic carbocycles. The van der Waals surface area contributed by atoms with Crippen molar-refractivity contribution < 1.29 is 0 Å². The van der Waals surface area contributed by atoms with Crippen LogP contribution < -0.4 is 0 Å². The highest BCUT2D eigenvalue weighted by molar-refractivity contribution is 4.93. The maximum Gasteiger partial charge on any atom is 0.0655 e. The summed E-state index contributed by atoms with van der Waals surface area (Å²) in [5.41, 5.74) is 0. The summed E-state index contributed by atoms with van der Waals surface area (Å²) in [6.45, 7) is 2.27. The van der Waals surface area contributed by atoms with Crippen LogP contribution in [-0.2, 0) is 0 Å². The van der Waals surface area contributed by atoms with Gasteiger partial charge in [0.2, 0.25) is 0 Å². The van der Waals surface area contributed by atoms with E-state index in [0.717, 1.165) is 17.8 Å². The SMILES string of the molecule is CCCCC/C=C/[C@H]1CC[C@H](C2CCC(C#N)CC2)CC1. The molecule has 0 atom stereocenters. The van der Waals surface area contributed by atoms with Crippen LogP contribution in [0.25, 0.3) is 0 Å². The van der Waals surface area contributed by atoms with Gasteiger partial charge in [-0.1, -0.05) is 31.9 Å². The van der Waals surface area contributed by atoms with Crippen molar-refractivity contribution in [1.82, 2.24) is 0 Å². The van der Waals surface area contributed by atoms with Gasteiger partial charge in [-0.05, 0) is 82.0 Å². The third kappa shape index (κ3) is 5.50. The lowest BCUT2D eigenvalue weighted by atomic mass is 9.69. The summed E-state index contributed by atoms with van der Waals surface area (Å²) in [7, 11) is 0. The third-order valence-electron chi connectivity index (χ3n) is 5.82. The molecule has 0 unspecified atom stereocenters. The maximum absolute atomic E-state index is 9.00. The van der Waals surface area contributed by atoms with Crippen molar-refractivity contribution in [3.63, 3.8) is 0 Å². The van der Waals surface area contributed by atoms with Gasteiger partial charge in [-0.2, -0.15) is 5.26 Å². The van der Waals surface area contributed by atoms with Crippen LogP contribution >= 0.6 is 0 Å². The first-order chi connectivity index (χ1) is 10.3. The van der Waals surface area contributed by atoms with Crippen LogP contribution in [0.15, 0.2) is 12.2 Å². The number of rotatable bonds is 6. The first-order valence-electron chi connectivity index (χ1n) is 9.39. The standard InChI is InChI=1S/C20H33N/c1-2-3-4-5-6-7-17-8-12-19(13-9-17)20-14-10-18(16-21)11-15-20/h6-7,17-20H,2-5,8-15H2,1H3/b7-6+/t17-,18?,19-,20?. The van der Waals surface area contributed by atoms with E-state index in [1.165, 1.54) is 77.0 Å². The van der Waals surface area contributed by atoms with Crippen molar-refractivity contribution in [2.45, 2.75) is 84.0 Å². The van der Waals surface area contributed by atoms with Crippen molar-refractivity contribution in [3.8, 4) is 6.07 Å². The average Bonchev–Trinajstić information content (AvgIpc) is 2.55. The Morgan fingerprint density at radius 2 is 1.52 bits per heavy atom. The van der Waals surface area contributed by atoms with E-state index in [1.54, 1.807) is 0 Å². The van der Waals surface area contributed by atoms with E-state index >= 15 is 0 Å². The molecule has 0 N–H and O–H groups in total. The molecule has 2 aliphatic carbocycles. The average molecular weight is 287 g/mol. The normalized spacial score (nSPS) is 33.9. The summed E-state index contributed by atoms with van der Waals surface area (Å²) < 4.78 is 0. The Balaban J connectivity index is 1.63. The fourth-order valence-corrected chi connectivity index (χ4v) is 4.33. The molecule has 21 heavy (non-hydrogen) atoms. The van der Waals surface area contributed by atoms with Gasteiger partial charge in [0.15, 0.2) is 0 Å². The first kappa shape index (κ1) is 16.6. The highest BCUT2D eigenvalue weighted by Crippen LogP contribution is 2.41. The molecule has 2 aliphatic rings. The van der Waals surface area contributed by atoms with Gasteiger partial charge >= 0.3 is 0 Å². The molecule has 0 aromatic heterocycles. The quantitative estimate of drug-likeness (QED) is 0.418. The predicted molar refractivity (Wildman–Crippen MR) is 89.8 cm³/mol. The zero-order chi connectivity index (χ0) is 14.9. The van der Waals surface area contributed by atoms with E-state index in [4.69, 9.17) is 5.26 Å². The summed E-state index contributed by atoms with van der Waals surface area (Å²) >= 11 is 0. The van der Waals surface area contributed by atoms with Crippen molar-refractivity contribution in [3.05, 3.63) is 12.2 Å². The molecular formula is C20H33N. The second-order valence-corrected chi connectivity index (χ2v) is 7.34. The van der Waals surface area contributed by atoms with Crippen LogP contribution in [-0.4, -0.2) is 0 Å². The molecule has 1 nitrogen and oxygen atoms in total. The van der Waals surface area contributed by atoms with Gasteiger partial charge in [0.1, 0.15) is 0 Å². The fraction of sp³-hybridized carbons (Fsp3) is 0.850. The van der Waals surface area contributed by atoms with Gasteiger partial charge in [0.05, 0.1) is 6.07 Å². The lowest BCUT2D eigenvalue weighted by molar-refractivity contribution is 0.168. The molecular weight excluding hydrogens is 254 g/mol. The Morgan fingerprint density at radius 3 is 2.10 bits per heavy atom. The molecule has 2 rings (SSSR count). The van der Waals surface area contributed by atoms with Crippen LogP contribution in [0.1, 0.15) is 84.0 Å². The molecule has 0 heterocycles. The van der Waals surface area contributed by atoms with Crippen LogP contribution in [0.2, 0.25) is 0 Å². The second-order valence-electron chi connectivity index (χ2n) is 7.34. The topological polar surface area (TPSA) is 23.8 Å². The number of allylic oxidation sites excluding steroid dienone is 2. The highest BCUT2D eigenvalue weighted by Gasteiger charge is 2.30. The second kappa shape index (κ2) is 9.29. The summed E-state index contributed by atoms with van der Waals surface area (Å²) in [5, 5.41) is 9.00. The molecule has 0 amide bonds. The van der Waals surface area contributed by atoms with E-state index in [0.29, 0.717) is 5.92 Å². The molecule has 0 saturated heterocycles. The number of hydrogen-bond donors (Lipinski definition) is 0. The molecule has 0 bridgehead atoms. The molecule has 0 radical (unpaired) electrons. The minimum atomic E-state index is 0.364. The zero-order valence-corrected chi connectivity index (χ0v) is 13.9. The lowest BCUT2D eigenvalue weighted by Crippen LogP contribution is -2.25. The Bertz CT molecular complexity index is 335. The molecule has 2 saturated carbocycles. The minimum Gasteiger partial charge on any atom is -0.198 e. The van der Waals surface area contributed by atoms with Crippen LogP contribution in [0.4, 0.5) is 0 Å². The van der Waals surface area contributed by atoms with Crippen molar-refractivity contribution in [2.24, 2.45) is 23.7 Å². The highest BCUT2D eigenvalue weighted by atomic mass is 14.4.